The Hall–Kier alpha value is -1.66. The van der Waals surface area contributed by atoms with E-state index in [9.17, 15) is 9.59 Å². The molecule has 23 heavy (non-hydrogen) atoms. The molecule has 0 radical (unpaired) electrons. The molecular weight excluding hydrogens is 328 g/mol. The van der Waals surface area contributed by atoms with Crippen molar-refractivity contribution in [2.75, 3.05) is 13.1 Å². The second-order valence-electron chi connectivity index (χ2n) is 5.77. The lowest BCUT2D eigenvalue weighted by atomic mass is 10.2. The van der Waals surface area contributed by atoms with Crippen LogP contribution in [-0.2, 0) is 4.79 Å². The van der Waals surface area contributed by atoms with Gasteiger partial charge in [-0.1, -0.05) is 6.07 Å². The fourth-order valence-electron chi connectivity index (χ4n) is 2.58. The van der Waals surface area contributed by atoms with Crippen LogP contribution in [0.5, 0.6) is 0 Å². The molecule has 2 amide bonds. The number of amides is 2. The summed E-state index contributed by atoms with van der Waals surface area (Å²) in [5, 5.41) is 7.72. The van der Waals surface area contributed by atoms with Gasteiger partial charge in [0.25, 0.3) is 5.91 Å². The molecule has 1 aliphatic rings. The molecule has 3 rings (SSSR count). The van der Waals surface area contributed by atoms with Crippen LogP contribution in [0.1, 0.15) is 38.2 Å². The number of carbonyl (C=O) groups is 2. The highest BCUT2D eigenvalue weighted by molar-refractivity contribution is 7.12. The number of carbonyl (C=O) groups excluding carboxylic acids is 2. The van der Waals surface area contributed by atoms with Gasteiger partial charge in [-0.3, -0.25) is 9.59 Å². The van der Waals surface area contributed by atoms with E-state index in [1.165, 1.54) is 21.1 Å². The van der Waals surface area contributed by atoms with Crippen molar-refractivity contribution in [1.82, 2.24) is 10.6 Å². The summed E-state index contributed by atoms with van der Waals surface area (Å²) in [6, 6.07) is 7.92. The number of thiophene rings is 2. The molecule has 4 nitrogen and oxygen atoms in total. The van der Waals surface area contributed by atoms with Gasteiger partial charge >= 0.3 is 0 Å². The summed E-state index contributed by atoms with van der Waals surface area (Å²) in [7, 11) is 0. The van der Waals surface area contributed by atoms with Gasteiger partial charge in [0.15, 0.2) is 0 Å². The maximum absolute atomic E-state index is 12.1. The zero-order valence-electron chi connectivity index (χ0n) is 13.0. The molecule has 2 heterocycles. The van der Waals surface area contributed by atoms with Gasteiger partial charge in [0.05, 0.1) is 4.88 Å². The zero-order valence-corrected chi connectivity index (χ0v) is 14.6. The first-order valence-electron chi connectivity index (χ1n) is 7.81. The molecule has 2 unspecified atom stereocenters. The Bertz CT molecular complexity index is 679. The Morgan fingerprint density at radius 1 is 1.22 bits per heavy atom. The summed E-state index contributed by atoms with van der Waals surface area (Å²) in [5.41, 5.74) is 0. The third kappa shape index (κ3) is 4.20. The number of rotatable bonds is 7. The van der Waals surface area contributed by atoms with Crippen LogP contribution in [0.25, 0.3) is 0 Å². The van der Waals surface area contributed by atoms with E-state index in [1.807, 2.05) is 11.4 Å². The Labute approximate surface area is 143 Å². The fourth-order valence-corrected chi connectivity index (χ4v) is 4.28. The van der Waals surface area contributed by atoms with E-state index in [4.69, 9.17) is 0 Å². The van der Waals surface area contributed by atoms with Crippen molar-refractivity contribution in [2.24, 2.45) is 5.92 Å². The zero-order chi connectivity index (χ0) is 16.2. The molecule has 2 atom stereocenters. The third-order valence-corrected chi connectivity index (χ3v) is 5.94. The highest BCUT2D eigenvalue weighted by atomic mass is 32.1. The largest absolute Gasteiger partial charge is 0.356 e. The standard InChI is InChI=1S/C17H20N2O2S2/c1-11-5-6-14(23-11)12-10-13(12)16(20)18-7-3-8-19-17(21)15-4-2-9-22-15/h2,4-6,9,12-13H,3,7-8,10H2,1H3,(H,18,20)(H,19,21). The van der Waals surface area contributed by atoms with Crippen molar-refractivity contribution >= 4 is 34.5 Å². The lowest BCUT2D eigenvalue weighted by molar-refractivity contribution is -0.122. The first kappa shape index (κ1) is 16.2. The van der Waals surface area contributed by atoms with Gasteiger partial charge in [-0.2, -0.15) is 0 Å². The Morgan fingerprint density at radius 2 is 2.04 bits per heavy atom. The van der Waals surface area contributed by atoms with Crippen LogP contribution in [0.4, 0.5) is 0 Å². The highest BCUT2D eigenvalue weighted by Crippen LogP contribution is 2.49. The normalized spacial score (nSPS) is 19.3. The van der Waals surface area contributed by atoms with Crippen LogP contribution in [0, 0.1) is 12.8 Å². The third-order valence-electron chi connectivity index (χ3n) is 3.94. The Morgan fingerprint density at radius 3 is 2.74 bits per heavy atom. The van der Waals surface area contributed by atoms with Crippen molar-refractivity contribution in [1.29, 1.82) is 0 Å². The summed E-state index contributed by atoms with van der Waals surface area (Å²) in [6.07, 6.45) is 1.71. The minimum atomic E-state index is -0.0401. The van der Waals surface area contributed by atoms with Crippen LogP contribution < -0.4 is 10.6 Å². The number of hydrogen-bond donors (Lipinski definition) is 2. The summed E-state index contributed by atoms with van der Waals surface area (Å²) in [4.78, 5) is 27.2. The van der Waals surface area contributed by atoms with Crippen LogP contribution in [0.15, 0.2) is 29.6 Å². The average Bonchev–Trinajstić information content (AvgIpc) is 2.95. The molecule has 122 valence electrons. The van der Waals surface area contributed by atoms with E-state index in [0.29, 0.717) is 19.0 Å². The van der Waals surface area contributed by atoms with E-state index in [2.05, 4.69) is 29.7 Å². The molecule has 0 spiro atoms. The SMILES string of the molecule is Cc1ccc(C2CC2C(=O)NCCCNC(=O)c2cccs2)s1. The molecule has 0 bridgehead atoms. The highest BCUT2D eigenvalue weighted by Gasteiger charge is 2.44. The van der Waals surface area contributed by atoms with Crippen molar-refractivity contribution in [3.63, 3.8) is 0 Å². The van der Waals surface area contributed by atoms with Crippen LogP contribution in [-0.4, -0.2) is 24.9 Å². The maximum Gasteiger partial charge on any atom is 0.261 e. The van der Waals surface area contributed by atoms with E-state index in [-0.39, 0.29) is 17.7 Å². The molecule has 6 heteroatoms. The number of nitrogens with one attached hydrogen (secondary N) is 2. The summed E-state index contributed by atoms with van der Waals surface area (Å²) < 4.78 is 0. The fraction of sp³-hybridized carbons (Fsp3) is 0.412. The van der Waals surface area contributed by atoms with E-state index >= 15 is 0 Å². The van der Waals surface area contributed by atoms with Crippen LogP contribution in [0.3, 0.4) is 0 Å². The second kappa shape index (κ2) is 7.27. The first-order valence-corrected chi connectivity index (χ1v) is 9.50. The van der Waals surface area contributed by atoms with Gasteiger partial charge in [0, 0.05) is 34.7 Å². The molecule has 0 aromatic carbocycles. The minimum absolute atomic E-state index is 0.0401. The monoisotopic (exact) mass is 348 g/mol. The van der Waals surface area contributed by atoms with Crippen molar-refractivity contribution in [2.45, 2.75) is 25.7 Å². The van der Waals surface area contributed by atoms with E-state index in [1.54, 1.807) is 17.4 Å². The van der Waals surface area contributed by atoms with Crippen molar-refractivity contribution in [3.05, 3.63) is 44.3 Å². The molecule has 1 saturated carbocycles. The lowest BCUT2D eigenvalue weighted by Crippen LogP contribution is -2.30. The topological polar surface area (TPSA) is 58.2 Å². The van der Waals surface area contributed by atoms with Gasteiger partial charge in [-0.15, -0.1) is 22.7 Å². The van der Waals surface area contributed by atoms with E-state index < -0.39 is 0 Å². The average molecular weight is 348 g/mol. The first-order chi connectivity index (χ1) is 11.1. The summed E-state index contributed by atoms with van der Waals surface area (Å²) >= 11 is 3.22. The van der Waals surface area contributed by atoms with Gasteiger partial charge in [-0.05, 0) is 43.3 Å². The quantitative estimate of drug-likeness (QED) is 0.755. The van der Waals surface area contributed by atoms with Crippen molar-refractivity contribution in [3.8, 4) is 0 Å². The molecular formula is C17H20N2O2S2. The molecule has 1 fully saturated rings. The molecule has 2 N–H and O–H groups in total. The van der Waals surface area contributed by atoms with E-state index in [0.717, 1.165) is 17.7 Å². The minimum Gasteiger partial charge on any atom is -0.356 e. The van der Waals surface area contributed by atoms with Crippen LogP contribution >= 0.6 is 22.7 Å². The smallest absolute Gasteiger partial charge is 0.261 e. The lowest BCUT2D eigenvalue weighted by Gasteiger charge is -2.06. The van der Waals surface area contributed by atoms with Gasteiger partial charge in [0.1, 0.15) is 0 Å². The molecule has 1 aliphatic carbocycles. The maximum atomic E-state index is 12.1. The van der Waals surface area contributed by atoms with Crippen LogP contribution in [0.2, 0.25) is 0 Å². The van der Waals surface area contributed by atoms with Gasteiger partial charge in [0.2, 0.25) is 5.91 Å². The number of aryl methyl sites for hydroxylation is 1. The summed E-state index contributed by atoms with van der Waals surface area (Å²) in [6.45, 7) is 3.28. The Kier molecular flexibility index (Phi) is 5.13. The second-order valence-corrected chi connectivity index (χ2v) is 8.04. The van der Waals surface area contributed by atoms with Gasteiger partial charge in [-0.25, -0.2) is 0 Å². The molecule has 2 aromatic rings. The molecule has 0 aliphatic heterocycles. The van der Waals surface area contributed by atoms with Gasteiger partial charge < -0.3 is 10.6 Å². The van der Waals surface area contributed by atoms with Crippen molar-refractivity contribution < 1.29 is 9.59 Å². The predicted octanol–water partition coefficient (Wildman–Crippen LogP) is 3.16. The predicted molar refractivity (Wildman–Crippen MR) is 94.2 cm³/mol. The molecule has 2 aromatic heterocycles. The molecule has 0 saturated heterocycles. The summed E-state index contributed by atoms with van der Waals surface area (Å²) in [5.74, 6) is 0.647. The number of hydrogen-bond acceptors (Lipinski definition) is 4. The Balaban J connectivity index is 1.31.